The van der Waals surface area contributed by atoms with Crippen LogP contribution in [0.4, 0.5) is 11.5 Å². The zero-order valence-corrected chi connectivity index (χ0v) is 15.9. The van der Waals surface area contributed by atoms with E-state index < -0.39 is 0 Å². The molecular weight excluding hydrogens is 350 g/mol. The fourth-order valence-corrected chi connectivity index (χ4v) is 3.93. The lowest BCUT2D eigenvalue weighted by Crippen LogP contribution is -2.17. The standard InChI is InChI=1S/C22H23N5O/c1-16-13-17(26-9-2-3-10-26)6-7-19(16)21-22(24-14-18-5-4-12-28-18)27-11-8-23-15-20(27)25-21/h4-8,11-13,15,24H,2-3,9-10,14H2,1H3. The van der Waals surface area contributed by atoms with Gasteiger partial charge >= 0.3 is 0 Å². The van der Waals surface area contributed by atoms with Crippen LogP contribution in [-0.4, -0.2) is 27.5 Å². The molecule has 0 amide bonds. The number of imidazole rings is 1. The van der Waals surface area contributed by atoms with Gasteiger partial charge in [-0.05, 0) is 49.6 Å². The second-order valence-corrected chi connectivity index (χ2v) is 7.24. The topological polar surface area (TPSA) is 58.6 Å². The van der Waals surface area contributed by atoms with Gasteiger partial charge in [0.25, 0.3) is 0 Å². The number of hydrogen-bond donors (Lipinski definition) is 1. The van der Waals surface area contributed by atoms with Crippen molar-refractivity contribution >= 4 is 17.2 Å². The van der Waals surface area contributed by atoms with Crippen molar-refractivity contribution < 1.29 is 4.42 Å². The third-order valence-corrected chi connectivity index (χ3v) is 5.38. The summed E-state index contributed by atoms with van der Waals surface area (Å²) in [5.74, 6) is 1.84. The summed E-state index contributed by atoms with van der Waals surface area (Å²) in [6.45, 7) is 5.05. The number of benzene rings is 1. The first-order valence-electron chi connectivity index (χ1n) is 9.74. The molecule has 1 saturated heterocycles. The lowest BCUT2D eigenvalue weighted by atomic mass is 10.0. The molecule has 1 aromatic carbocycles. The minimum atomic E-state index is 0.598. The highest BCUT2D eigenvalue weighted by molar-refractivity contribution is 5.79. The maximum atomic E-state index is 5.48. The van der Waals surface area contributed by atoms with Gasteiger partial charge in [-0.1, -0.05) is 6.07 Å². The van der Waals surface area contributed by atoms with Gasteiger partial charge in [-0.25, -0.2) is 4.98 Å². The van der Waals surface area contributed by atoms with Crippen molar-refractivity contribution in [1.29, 1.82) is 0 Å². The van der Waals surface area contributed by atoms with E-state index in [1.165, 1.54) is 24.1 Å². The Morgan fingerprint density at radius 2 is 2.07 bits per heavy atom. The molecule has 1 aliphatic heterocycles. The van der Waals surface area contributed by atoms with Gasteiger partial charge < -0.3 is 14.6 Å². The van der Waals surface area contributed by atoms with Gasteiger partial charge in [-0.3, -0.25) is 9.38 Å². The van der Waals surface area contributed by atoms with Crippen molar-refractivity contribution in [1.82, 2.24) is 14.4 Å². The summed E-state index contributed by atoms with van der Waals surface area (Å²) >= 11 is 0. The Labute approximate surface area is 163 Å². The fourth-order valence-electron chi connectivity index (χ4n) is 3.93. The Balaban J connectivity index is 1.55. The minimum absolute atomic E-state index is 0.598. The number of nitrogens with one attached hydrogen (secondary N) is 1. The normalized spacial score (nSPS) is 14.1. The van der Waals surface area contributed by atoms with Gasteiger partial charge in [0.05, 0.1) is 19.0 Å². The van der Waals surface area contributed by atoms with Crippen LogP contribution in [0.1, 0.15) is 24.2 Å². The van der Waals surface area contributed by atoms with Gasteiger partial charge in [0.15, 0.2) is 5.65 Å². The fraction of sp³-hybridized carbons (Fsp3) is 0.273. The Morgan fingerprint density at radius 3 is 2.86 bits per heavy atom. The van der Waals surface area contributed by atoms with E-state index in [0.29, 0.717) is 6.54 Å². The molecule has 28 heavy (non-hydrogen) atoms. The van der Waals surface area contributed by atoms with Gasteiger partial charge in [-0.2, -0.15) is 0 Å². The van der Waals surface area contributed by atoms with E-state index in [0.717, 1.165) is 41.6 Å². The molecule has 142 valence electrons. The van der Waals surface area contributed by atoms with Crippen molar-refractivity contribution in [3.8, 4) is 11.3 Å². The van der Waals surface area contributed by atoms with E-state index in [4.69, 9.17) is 9.40 Å². The molecule has 4 aromatic rings. The van der Waals surface area contributed by atoms with Gasteiger partial charge in [-0.15, -0.1) is 0 Å². The summed E-state index contributed by atoms with van der Waals surface area (Å²) in [6.07, 6.45) is 9.75. The maximum Gasteiger partial charge on any atom is 0.157 e. The van der Waals surface area contributed by atoms with Crippen LogP contribution in [0.5, 0.6) is 0 Å². The van der Waals surface area contributed by atoms with Crippen molar-refractivity contribution in [2.24, 2.45) is 0 Å². The average molecular weight is 373 g/mol. The van der Waals surface area contributed by atoms with Gasteiger partial charge in [0, 0.05) is 36.7 Å². The number of aromatic nitrogens is 3. The second-order valence-electron chi connectivity index (χ2n) is 7.24. The maximum absolute atomic E-state index is 5.48. The number of hydrogen-bond acceptors (Lipinski definition) is 5. The van der Waals surface area contributed by atoms with Crippen LogP contribution in [0.15, 0.2) is 59.6 Å². The Hall–Kier alpha value is -3.28. The van der Waals surface area contributed by atoms with Gasteiger partial charge in [0.2, 0.25) is 0 Å². The third-order valence-electron chi connectivity index (χ3n) is 5.38. The molecule has 6 nitrogen and oxygen atoms in total. The highest BCUT2D eigenvalue weighted by Gasteiger charge is 2.18. The van der Waals surface area contributed by atoms with Crippen molar-refractivity contribution in [2.45, 2.75) is 26.3 Å². The Kier molecular flexibility index (Phi) is 4.24. The van der Waals surface area contributed by atoms with E-state index in [2.05, 4.69) is 40.3 Å². The number of nitrogens with zero attached hydrogens (tertiary/aromatic N) is 4. The Morgan fingerprint density at radius 1 is 1.18 bits per heavy atom. The van der Waals surface area contributed by atoms with E-state index in [1.807, 2.05) is 22.7 Å². The van der Waals surface area contributed by atoms with Crippen LogP contribution >= 0.6 is 0 Å². The molecule has 0 aliphatic carbocycles. The molecule has 5 rings (SSSR count). The summed E-state index contributed by atoms with van der Waals surface area (Å²) in [7, 11) is 0. The lowest BCUT2D eigenvalue weighted by molar-refractivity contribution is 0.518. The predicted octanol–water partition coefficient (Wildman–Crippen LogP) is 4.51. The zero-order chi connectivity index (χ0) is 18.9. The summed E-state index contributed by atoms with van der Waals surface area (Å²) in [4.78, 5) is 11.5. The lowest BCUT2D eigenvalue weighted by Gasteiger charge is -2.19. The molecule has 6 heteroatoms. The van der Waals surface area contributed by atoms with Crippen LogP contribution in [-0.2, 0) is 6.54 Å². The molecule has 0 atom stereocenters. The molecular formula is C22H23N5O. The first-order valence-corrected chi connectivity index (χ1v) is 9.74. The molecule has 0 saturated carbocycles. The van der Waals surface area contributed by atoms with E-state index in [9.17, 15) is 0 Å². The van der Waals surface area contributed by atoms with Crippen LogP contribution in [0.25, 0.3) is 16.9 Å². The highest BCUT2D eigenvalue weighted by atomic mass is 16.3. The van der Waals surface area contributed by atoms with Crippen LogP contribution in [0.2, 0.25) is 0 Å². The highest BCUT2D eigenvalue weighted by Crippen LogP contribution is 2.33. The second kappa shape index (κ2) is 7.03. The summed E-state index contributed by atoms with van der Waals surface area (Å²) < 4.78 is 7.52. The molecule has 3 aromatic heterocycles. The van der Waals surface area contributed by atoms with Crippen LogP contribution in [0, 0.1) is 6.92 Å². The van der Waals surface area contributed by atoms with Crippen LogP contribution in [0.3, 0.4) is 0 Å². The smallest absolute Gasteiger partial charge is 0.157 e. The first-order chi connectivity index (χ1) is 13.8. The quantitative estimate of drug-likeness (QED) is 0.558. The monoisotopic (exact) mass is 373 g/mol. The van der Waals surface area contributed by atoms with Crippen molar-refractivity contribution in [3.63, 3.8) is 0 Å². The third kappa shape index (κ3) is 3.01. The molecule has 0 radical (unpaired) electrons. The summed E-state index contributed by atoms with van der Waals surface area (Å²) in [6, 6.07) is 10.5. The molecule has 1 N–H and O–H groups in total. The largest absolute Gasteiger partial charge is 0.467 e. The number of anilines is 2. The molecule has 1 aliphatic rings. The van der Waals surface area contributed by atoms with Crippen molar-refractivity contribution in [2.75, 3.05) is 23.3 Å². The van der Waals surface area contributed by atoms with E-state index >= 15 is 0 Å². The van der Waals surface area contributed by atoms with Crippen molar-refractivity contribution in [3.05, 3.63) is 66.5 Å². The number of rotatable bonds is 5. The van der Waals surface area contributed by atoms with Crippen LogP contribution < -0.4 is 10.2 Å². The molecule has 0 spiro atoms. The molecule has 0 unspecified atom stereocenters. The first kappa shape index (κ1) is 16.9. The average Bonchev–Trinajstić information content (AvgIpc) is 3.46. The zero-order valence-electron chi connectivity index (χ0n) is 15.9. The predicted molar refractivity (Wildman–Crippen MR) is 111 cm³/mol. The summed E-state index contributed by atoms with van der Waals surface area (Å²) in [5, 5.41) is 3.50. The minimum Gasteiger partial charge on any atom is -0.467 e. The van der Waals surface area contributed by atoms with E-state index in [1.54, 1.807) is 18.7 Å². The number of fused-ring (bicyclic) bond motifs is 1. The molecule has 0 bridgehead atoms. The Bertz CT molecular complexity index is 1090. The molecule has 4 heterocycles. The van der Waals surface area contributed by atoms with E-state index in [-0.39, 0.29) is 0 Å². The van der Waals surface area contributed by atoms with Gasteiger partial charge in [0.1, 0.15) is 17.3 Å². The molecule has 1 fully saturated rings. The number of aryl methyl sites for hydroxylation is 1. The summed E-state index contributed by atoms with van der Waals surface area (Å²) in [5.41, 5.74) is 5.41. The SMILES string of the molecule is Cc1cc(N2CCCC2)ccc1-c1nc2cnccn2c1NCc1ccco1. The number of furan rings is 1.